The van der Waals surface area contributed by atoms with E-state index in [2.05, 4.69) is 26.1 Å². The van der Waals surface area contributed by atoms with Crippen LogP contribution >= 0.6 is 0 Å². The molecule has 6 rings (SSSR count). The van der Waals surface area contributed by atoms with Crippen LogP contribution < -0.4 is 5.32 Å². The molecule has 0 aromatic heterocycles. The Labute approximate surface area is 237 Å². The maximum atomic E-state index is 13.5. The predicted octanol–water partition coefficient (Wildman–Crippen LogP) is 5.52. The van der Waals surface area contributed by atoms with Crippen LogP contribution in [0.2, 0.25) is 0 Å². The van der Waals surface area contributed by atoms with Crippen LogP contribution in [-0.4, -0.2) is 66.6 Å². The molecule has 8 nitrogen and oxygen atoms in total. The van der Waals surface area contributed by atoms with E-state index in [4.69, 9.17) is 18.8 Å². The van der Waals surface area contributed by atoms with E-state index in [9.17, 15) is 14.0 Å². The largest absolute Gasteiger partial charge is 0.481 e. The summed E-state index contributed by atoms with van der Waals surface area (Å²) in [6, 6.07) is 6.40. The molecular formula is C30H44BFN2O6. The molecule has 1 aromatic rings. The molecular weight excluding hydrogens is 514 g/mol. The molecule has 0 radical (unpaired) electrons. The molecule has 2 saturated heterocycles. The molecule has 0 unspecified atom stereocenters. The number of hydrogen-bond donors (Lipinski definition) is 1. The molecule has 3 saturated carbocycles. The Balaban J connectivity index is 1.24. The molecule has 2 aliphatic heterocycles. The molecule has 0 spiro atoms. The summed E-state index contributed by atoms with van der Waals surface area (Å²) in [7, 11) is -0.609. The Bertz CT molecular complexity index is 1090. The third-order valence-corrected chi connectivity index (χ3v) is 9.56. The van der Waals surface area contributed by atoms with Crippen molar-refractivity contribution in [3.8, 4) is 0 Å². The average Bonchev–Trinajstić information content (AvgIpc) is 3.23. The Morgan fingerprint density at radius 1 is 1.20 bits per heavy atom. The molecule has 40 heavy (non-hydrogen) atoms. The number of benzene rings is 1. The molecule has 3 aliphatic carbocycles. The highest BCUT2D eigenvalue weighted by Crippen LogP contribution is 2.65. The van der Waals surface area contributed by atoms with Gasteiger partial charge in [-0.1, -0.05) is 26.0 Å². The third-order valence-electron chi connectivity index (χ3n) is 9.56. The van der Waals surface area contributed by atoms with Gasteiger partial charge in [0.2, 0.25) is 0 Å². The standard InChI is InChI=1S/C30H44BFN2O6/c1-28(2,3)38-27(36)34-15-7-8-22(18-34)37-26(35)33-25(14-11-19-9-12-21(32)13-10-19)31-39-24-17-20-16-23(29(20,4)5)30(24,6)40-31/h9-10,12-13,20,22-25H,7-8,11,14-18H2,1-6H3,(H,33,35)/t20-,22-,23-,24+,25-,30-/m0/s1. The first-order chi connectivity index (χ1) is 18.7. The van der Waals surface area contributed by atoms with Crippen molar-refractivity contribution in [2.75, 3.05) is 13.1 Å². The van der Waals surface area contributed by atoms with E-state index in [-0.39, 0.29) is 23.9 Å². The molecule has 5 fully saturated rings. The maximum Gasteiger partial charge on any atom is 0.481 e. The van der Waals surface area contributed by atoms with Gasteiger partial charge in [0, 0.05) is 6.54 Å². The van der Waals surface area contributed by atoms with Crippen LogP contribution in [0.25, 0.3) is 0 Å². The summed E-state index contributed by atoms with van der Waals surface area (Å²) in [5.41, 5.74) is 0.178. The summed E-state index contributed by atoms with van der Waals surface area (Å²) < 4.78 is 37.9. The zero-order chi connectivity index (χ0) is 28.9. The van der Waals surface area contributed by atoms with Crippen molar-refractivity contribution in [2.24, 2.45) is 17.3 Å². The summed E-state index contributed by atoms with van der Waals surface area (Å²) in [6.07, 6.45) is 3.23. The van der Waals surface area contributed by atoms with Gasteiger partial charge in [0.15, 0.2) is 0 Å². The molecule has 10 heteroatoms. The fourth-order valence-corrected chi connectivity index (χ4v) is 7.18. The fourth-order valence-electron chi connectivity index (χ4n) is 7.18. The molecule has 2 amide bonds. The Morgan fingerprint density at radius 3 is 2.60 bits per heavy atom. The summed E-state index contributed by atoms with van der Waals surface area (Å²) in [6.45, 7) is 13.1. The normalized spacial score (nSPS) is 31.6. The first-order valence-electron chi connectivity index (χ1n) is 14.8. The van der Waals surface area contributed by atoms with E-state index in [1.54, 1.807) is 17.0 Å². The highest BCUT2D eigenvalue weighted by molar-refractivity contribution is 6.47. The molecule has 5 aliphatic rings. The topological polar surface area (TPSA) is 86.3 Å². The number of likely N-dealkylation sites (tertiary alicyclic amines) is 1. The van der Waals surface area contributed by atoms with Crippen molar-refractivity contribution in [2.45, 2.75) is 109 Å². The summed E-state index contributed by atoms with van der Waals surface area (Å²) >= 11 is 0. The second-order valence-corrected chi connectivity index (χ2v) is 13.8. The van der Waals surface area contributed by atoms with Gasteiger partial charge in [0.1, 0.15) is 17.5 Å². The van der Waals surface area contributed by atoms with E-state index in [1.807, 2.05) is 20.8 Å². The number of aryl methyl sites for hydroxylation is 1. The number of carbonyl (C=O) groups is 2. The minimum atomic E-state index is -0.609. The van der Waals surface area contributed by atoms with Gasteiger partial charge < -0.3 is 29.0 Å². The molecule has 1 aromatic carbocycles. The number of nitrogens with zero attached hydrogens (tertiary/aromatic N) is 1. The highest BCUT2D eigenvalue weighted by Gasteiger charge is 2.68. The zero-order valence-corrected chi connectivity index (χ0v) is 24.7. The minimum absolute atomic E-state index is 0.0128. The van der Waals surface area contributed by atoms with Crippen molar-refractivity contribution in [1.82, 2.24) is 10.2 Å². The first kappa shape index (κ1) is 29.2. The van der Waals surface area contributed by atoms with Crippen molar-refractivity contribution < 1.29 is 32.8 Å². The van der Waals surface area contributed by atoms with Crippen LogP contribution in [0.5, 0.6) is 0 Å². The number of carbonyl (C=O) groups excluding carboxylic acids is 2. The molecule has 6 atom stereocenters. The number of alkyl carbamates (subject to hydrolysis) is 1. The summed E-state index contributed by atoms with van der Waals surface area (Å²) in [5.74, 6) is 0.286. The van der Waals surface area contributed by atoms with Gasteiger partial charge in [-0.3, -0.25) is 0 Å². The van der Waals surface area contributed by atoms with Crippen LogP contribution in [0, 0.1) is 23.1 Å². The summed E-state index contributed by atoms with van der Waals surface area (Å²) in [5, 5.41) is 3.03. The lowest BCUT2D eigenvalue weighted by atomic mass is 9.43. The number of ether oxygens (including phenoxy) is 2. The maximum absolute atomic E-state index is 13.5. The highest BCUT2D eigenvalue weighted by atomic mass is 19.1. The minimum Gasteiger partial charge on any atom is -0.444 e. The Morgan fingerprint density at radius 2 is 1.93 bits per heavy atom. The molecule has 2 bridgehead atoms. The van der Waals surface area contributed by atoms with Gasteiger partial charge in [-0.05, 0) is 101 Å². The lowest BCUT2D eigenvalue weighted by Crippen LogP contribution is -2.65. The Kier molecular flexibility index (Phi) is 7.89. The zero-order valence-electron chi connectivity index (χ0n) is 24.7. The summed E-state index contributed by atoms with van der Waals surface area (Å²) in [4.78, 5) is 27.3. The quantitative estimate of drug-likeness (QED) is 0.463. The third kappa shape index (κ3) is 5.98. The van der Waals surface area contributed by atoms with E-state index < -0.39 is 42.6 Å². The SMILES string of the molecule is CC(C)(C)OC(=O)N1CCC[C@H](OC(=O)N[C@@H](CCc2ccc(F)cc2)B2O[C@@H]3C[C@@H]4C[C@@H](C4(C)C)[C@]3(C)O2)C1. The van der Waals surface area contributed by atoms with E-state index >= 15 is 0 Å². The number of piperidine rings is 1. The molecule has 1 N–H and O–H groups in total. The predicted molar refractivity (Wildman–Crippen MR) is 149 cm³/mol. The van der Waals surface area contributed by atoms with E-state index in [1.165, 1.54) is 12.1 Å². The van der Waals surface area contributed by atoms with Crippen molar-refractivity contribution in [3.05, 3.63) is 35.6 Å². The number of rotatable bonds is 6. The molecule has 220 valence electrons. The van der Waals surface area contributed by atoms with Crippen LogP contribution in [0.15, 0.2) is 24.3 Å². The number of halogens is 1. The van der Waals surface area contributed by atoms with Crippen molar-refractivity contribution >= 4 is 19.3 Å². The monoisotopic (exact) mass is 558 g/mol. The van der Waals surface area contributed by atoms with Crippen LogP contribution in [0.3, 0.4) is 0 Å². The molecule has 2 heterocycles. The lowest BCUT2D eigenvalue weighted by molar-refractivity contribution is -0.199. The van der Waals surface area contributed by atoms with Gasteiger partial charge in [-0.15, -0.1) is 0 Å². The van der Waals surface area contributed by atoms with Crippen LogP contribution in [-0.2, 0) is 25.2 Å². The van der Waals surface area contributed by atoms with Crippen LogP contribution in [0.1, 0.15) is 79.2 Å². The lowest BCUT2D eigenvalue weighted by Gasteiger charge is -2.64. The van der Waals surface area contributed by atoms with Crippen LogP contribution in [0.4, 0.5) is 14.0 Å². The van der Waals surface area contributed by atoms with Gasteiger partial charge in [-0.2, -0.15) is 0 Å². The smallest absolute Gasteiger partial charge is 0.444 e. The van der Waals surface area contributed by atoms with Crippen molar-refractivity contribution in [3.63, 3.8) is 0 Å². The number of amides is 2. The fraction of sp³-hybridized carbons (Fsp3) is 0.733. The van der Waals surface area contributed by atoms with E-state index in [0.29, 0.717) is 37.6 Å². The van der Waals surface area contributed by atoms with Gasteiger partial charge in [-0.25, -0.2) is 14.0 Å². The van der Waals surface area contributed by atoms with Gasteiger partial charge in [0.05, 0.1) is 24.2 Å². The van der Waals surface area contributed by atoms with Crippen molar-refractivity contribution in [1.29, 1.82) is 0 Å². The number of nitrogens with one attached hydrogen (secondary N) is 1. The van der Waals surface area contributed by atoms with E-state index in [0.717, 1.165) is 24.8 Å². The second-order valence-electron chi connectivity index (χ2n) is 13.8. The Hall–Kier alpha value is -2.33. The number of hydrogen-bond acceptors (Lipinski definition) is 6. The average molecular weight is 559 g/mol. The van der Waals surface area contributed by atoms with Gasteiger partial charge >= 0.3 is 19.3 Å². The first-order valence-corrected chi connectivity index (χ1v) is 14.8. The second kappa shape index (κ2) is 10.8. The van der Waals surface area contributed by atoms with Gasteiger partial charge in [0.25, 0.3) is 0 Å².